The van der Waals surface area contributed by atoms with Crippen LogP contribution in [0, 0.1) is 12.1 Å². The molecule has 136 valence electrons. The number of hydrogen-bond donors (Lipinski definition) is 1. The summed E-state index contributed by atoms with van der Waals surface area (Å²) in [6, 6.07) is 11.6. The molecule has 1 N–H and O–H groups in total. The van der Waals surface area contributed by atoms with E-state index in [4.69, 9.17) is 19.1 Å². The molecule has 0 bridgehead atoms. The molecule has 2 aromatic carbocycles. The van der Waals surface area contributed by atoms with Gasteiger partial charge in [0.2, 0.25) is 0 Å². The quantitative estimate of drug-likeness (QED) is 0.522. The molecule has 7 heteroatoms. The molecule has 0 aliphatic rings. The topological polar surface area (TPSA) is 95.2 Å². The number of aryl methyl sites for hydroxylation is 1. The molecule has 3 rings (SSSR count). The van der Waals surface area contributed by atoms with E-state index in [0.717, 1.165) is 5.56 Å². The third kappa shape index (κ3) is 3.63. The highest BCUT2D eigenvalue weighted by atomic mass is 16.8. The summed E-state index contributed by atoms with van der Waals surface area (Å²) in [7, 11) is 0. The standard InChI is InChI=1S/C19H18NO6/c1-3-24-19(21)18-12(2)26-17-9-8-15(10-16(17)18)25-11-13-4-6-14(7-5-13)20(22)23/h4-10,22H,3,11H2,1-2H3/q-1. The number of carbonyl (C=O) groups is 1. The van der Waals surface area contributed by atoms with Crippen molar-refractivity contribution in [1.29, 1.82) is 0 Å². The Kier molecular flexibility index (Phi) is 5.11. The highest BCUT2D eigenvalue weighted by Crippen LogP contribution is 2.30. The van der Waals surface area contributed by atoms with Crippen LogP contribution in [0.1, 0.15) is 28.6 Å². The molecule has 0 saturated heterocycles. The zero-order chi connectivity index (χ0) is 18.7. The van der Waals surface area contributed by atoms with Crippen molar-refractivity contribution in [3.63, 3.8) is 0 Å². The van der Waals surface area contributed by atoms with Crippen LogP contribution in [0.2, 0.25) is 0 Å². The van der Waals surface area contributed by atoms with E-state index >= 15 is 0 Å². The summed E-state index contributed by atoms with van der Waals surface area (Å²) in [5, 5.41) is 20.1. The van der Waals surface area contributed by atoms with Gasteiger partial charge in [-0.15, -0.1) is 0 Å². The first-order chi connectivity index (χ1) is 12.5. The maximum Gasteiger partial charge on any atom is 0.342 e. The van der Waals surface area contributed by atoms with Gasteiger partial charge in [0.1, 0.15) is 29.3 Å². The number of hydrogen-bond acceptors (Lipinski definition) is 7. The normalized spacial score (nSPS) is 10.8. The summed E-state index contributed by atoms with van der Waals surface area (Å²) in [5.41, 5.74) is 1.95. The molecular formula is C19H18NO6-. The second-order valence-electron chi connectivity index (χ2n) is 5.64. The molecule has 7 nitrogen and oxygen atoms in total. The molecule has 0 saturated carbocycles. The number of benzene rings is 2. The van der Waals surface area contributed by atoms with E-state index in [1.165, 1.54) is 12.1 Å². The van der Waals surface area contributed by atoms with Crippen molar-refractivity contribution >= 4 is 22.6 Å². The fourth-order valence-corrected chi connectivity index (χ4v) is 2.63. The van der Waals surface area contributed by atoms with Crippen molar-refractivity contribution in [3.05, 3.63) is 64.6 Å². The Morgan fingerprint density at radius 3 is 2.62 bits per heavy atom. The van der Waals surface area contributed by atoms with Crippen LogP contribution in [0.5, 0.6) is 5.75 Å². The van der Waals surface area contributed by atoms with Crippen LogP contribution in [0.3, 0.4) is 0 Å². The number of fused-ring (bicyclic) bond motifs is 1. The maximum atomic E-state index is 12.1. The van der Waals surface area contributed by atoms with Crippen molar-refractivity contribution in [2.45, 2.75) is 20.5 Å². The average molecular weight is 356 g/mol. The Bertz CT molecular complexity index is 914. The number of ether oxygens (including phenoxy) is 2. The van der Waals surface area contributed by atoms with E-state index in [1.807, 2.05) is 0 Å². The van der Waals surface area contributed by atoms with Crippen LogP contribution in [-0.4, -0.2) is 17.8 Å². The molecule has 0 aliphatic carbocycles. The van der Waals surface area contributed by atoms with Crippen molar-refractivity contribution in [2.75, 3.05) is 11.8 Å². The lowest BCUT2D eigenvalue weighted by Crippen LogP contribution is -2.06. The van der Waals surface area contributed by atoms with Gasteiger partial charge in [-0.25, -0.2) is 4.79 Å². The molecule has 1 aromatic heterocycles. The minimum absolute atomic E-state index is 0.142. The first-order valence-corrected chi connectivity index (χ1v) is 8.07. The fraction of sp³-hybridized carbons (Fsp3) is 0.211. The van der Waals surface area contributed by atoms with Gasteiger partial charge in [0.25, 0.3) is 0 Å². The summed E-state index contributed by atoms with van der Waals surface area (Å²) in [5.74, 6) is 0.639. The highest BCUT2D eigenvalue weighted by Gasteiger charge is 2.19. The number of esters is 1. The van der Waals surface area contributed by atoms with E-state index in [1.54, 1.807) is 44.2 Å². The largest absolute Gasteiger partial charge is 0.733 e. The minimum atomic E-state index is -0.428. The molecule has 0 aliphatic heterocycles. The van der Waals surface area contributed by atoms with Crippen molar-refractivity contribution in [1.82, 2.24) is 0 Å². The van der Waals surface area contributed by atoms with Gasteiger partial charge in [-0.3, -0.25) is 5.21 Å². The molecule has 0 radical (unpaired) electrons. The Hall–Kier alpha value is -3.03. The lowest BCUT2D eigenvalue weighted by molar-refractivity contribution is 0.0526. The summed E-state index contributed by atoms with van der Waals surface area (Å²) in [4.78, 5) is 12.1. The molecule has 1 heterocycles. The molecule has 0 fully saturated rings. The second-order valence-corrected chi connectivity index (χ2v) is 5.64. The van der Waals surface area contributed by atoms with Gasteiger partial charge in [-0.05, 0) is 49.7 Å². The molecule has 0 unspecified atom stereocenters. The van der Waals surface area contributed by atoms with E-state index in [2.05, 4.69) is 0 Å². The summed E-state index contributed by atoms with van der Waals surface area (Å²) in [6.45, 7) is 4.01. The smallest absolute Gasteiger partial charge is 0.342 e. The first kappa shape index (κ1) is 17.8. The van der Waals surface area contributed by atoms with Crippen molar-refractivity contribution < 1.29 is 23.9 Å². The van der Waals surface area contributed by atoms with E-state index in [-0.39, 0.29) is 24.1 Å². The van der Waals surface area contributed by atoms with Gasteiger partial charge < -0.3 is 24.3 Å². The second kappa shape index (κ2) is 7.47. The Morgan fingerprint density at radius 2 is 1.96 bits per heavy atom. The number of carbonyl (C=O) groups excluding carboxylic acids is 1. The minimum Gasteiger partial charge on any atom is -0.733 e. The lowest BCUT2D eigenvalue weighted by atomic mass is 10.1. The van der Waals surface area contributed by atoms with Crippen LogP contribution in [-0.2, 0) is 11.3 Å². The van der Waals surface area contributed by atoms with Crippen LogP contribution in [0.4, 0.5) is 5.69 Å². The van der Waals surface area contributed by atoms with Crippen LogP contribution in [0.25, 0.3) is 11.0 Å². The van der Waals surface area contributed by atoms with Crippen molar-refractivity contribution in [3.8, 4) is 5.75 Å². The predicted molar refractivity (Wildman–Crippen MR) is 95.3 cm³/mol. The zero-order valence-electron chi connectivity index (χ0n) is 14.4. The number of furan rings is 1. The number of nitrogens with zero attached hydrogens (tertiary/aromatic N) is 1. The highest BCUT2D eigenvalue weighted by molar-refractivity contribution is 6.04. The Labute approximate surface area is 149 Å². The van der Waals surface area contributed by atoms with Crippen LogP contribution < -0.4 is 9.96 Å². The molecular weight excluding hydrogens is 338 g/mol. The summed E-state index contributed by atoms with van der Waals surface area (Å²) < 4.78 is 16.4. The number of anilines is 1. The van der Waals surface area contributed by atoms with E-state index in [9.17, 15) is 10.0 Å². The zero-order valence-corrected chi connectivity index (χ0v) is 14.4. The van der Waals surface area contributed by atoms with Gasteiger partial charge in [0, 0.05) is 5.39 Å². The Morgan fingerprint density at radius 1 is 1.23 bits per heavy atom. The maximum absolute atomic E-state index is 12.1. The number of rotatable bonds is 6. The average Bonchev–Trinajstić information content (AvgIpc) is 2.95. The van der Waals surface area contributed by atoms with Crippen LogP contribution in [0.15, 0.2) is 46.9 Å². The SMILES string of the molecule is CCOC(=O)c1c(C)oc2ccc(OCc3ccc(N([O-])O)cc3)cc12. The molecule has 0 amide bonds. The molecule has 0 atom stereocenters. The van der Waals surface area contributed by atoms with E-state index < -0.39 is 5.97 Å². The monoisotopic (exact) mass is 356 g/mol. The summed E-state index contributed by atoms with van der Waals surface area (Å²) in [6.07, 6.45) is 0. The molecule has 3 aromatic rings. The third-order valence-corrected chi connectivity index (χ3v) is 3.88. The van der Waals surface area contributed by atoms with Gasteiger partial charge in [0.05, 0.1) is 12.3 Å². The lowest BCUT2D eigenvalue weighted by Gasteiger charge is -2.21. The van der Waals surface area contributed by atoms with Gasteiger partial charge in [-0.1, -0.05) is 12.1 Å². The van der Waals surface area contributed by atoms with Gasteiger partial charge in [0.15, 0.2) is 0 Å². The van der Waals surface area contributed by atoms with Crippen molar-refractivity contribution in [2.24, 2.45) is 0 Å². The summed E-state index contributed by atoms with van der Waals surface area (Å²) >= 11 is 0. The fourth-order valence-electron chi connectivity index (χ4n) is 2.63. The Balaban J connectivity index is 1.80. The van der Waals surface area contributed by atoms with Gasteiger partial charge >= 0.3 is 5.97 Å². The first-order valence-electron chi connectivity index (χ1n) is 8.07. The van der Waals surface area contributed by atoms with E-state index in [0.29, 0.717) is 28.0 Å². The predicted octanol–water partition coefficient (Wildman–Crippen LogP) is 4.19. The van der Waals surface area contributed by atoms with Gasteiger partial charge in [-0.2, -0.15) is 0 Å². The molecule has 0 spiro atoms. The third-order valence-electron chi connectivity index (χ3n) is 3.88. The molecule has 26 heavy (non-hydrogen) atoms. The van der Waals surface area contributed by atoms with Crippen LogP contribution >= 0.6 is 0 Å².